The molecule has 1 aliphatic heterocycles. The number of rotatable bonds is 1. The van der Waals surface area contributed by atoms with Crippen molar-refractivity contribution in [2.75, 3.05) is 17.2 Å². The van der Waals surface area contributed by atoms with Crippen LogP contribution in [-0.4, -0.2) is 11.5 Å². The number of hydrogen-bond acceptors (Lipinski definition) is 5. The lowest BCUT2D eigenvalue weighted by Gasteiger charge is -2.27. The van der Waals surface area contributed by atoms with Gasteiger partial charge >= 0.3 is 0 Å². The highest BCUT2D eigenvalue weighted by Crippen LogP contribution is 2.35. The Bertz CT molecular complexity index is 657. The summed E-state index contributed by atoms with van der Waals surface area (Å²) in [6.07, 6.45) is 2.65. The van der Waals surface area contributed by atoms with Crippen LogP contribution in [0.3, 0.4) is 0 Å². The molecule has 0 amide bonds. The largest absolute Gasteiger partial charge is 0.389 e. The van der Waals surface area contributed by atoms with Gasteiger partial charge in [-0.2, -0.15) is 5.26 Å². The van der Waals surface area contributed by atoms with Crippen LogP contribution in [0.15, 0.2) is 22.8 Å². The van der Waals surface area contributed by atoms with Crippen molar-refractivity contribution in [3.8, 4) is 6.07 Å². The van der Waals surface area contributed by atoms with E-state index >= 15 is 0 Å². The second kappa shape index (κ2) is 4.83. The predicted octanol–water partition coefficient (Wildman–Crippen LogP) is 2.92. The third kappa shape index (κ3) is 2.20. The first kappa shape index (κ1) is 12.5. The van der Waals surface area contributed by atoms with Crippen molar-refractivity contribution >= 4 is 38.1 Å². The van der Waals surface area contributed by atoms with Crippen molar-refractivity contribution in [1.82, 2.24) is 4.98 Å². The van der Waals surface area contributed by atoms with E-state index in [1.165, 1.54) is 16.2 Å². The van der Waals surface area contributed by atoms with Gasteiger partial charge < -0.3 is 10.6 Å². The third-order valence-electron chi connectivity index (χ3n) is 3.23. The van der Waals surface area contributed by atoms with Crippen LogP contribution in [0.5, 0.6) is 0 Å². The Morgan fingerprint density at radius 1 is 1.47 bits per heavy atom. The van der Waals surface area contributed by atoms with E-state index < -0.39 is 0 Å². The van der Waals surface area contributed by atoms with Crippen molar-refractivity contribution in [3.05, 3.63) is 38.8 Å². The second-order valence-corrected chi connectivity index (χ2v) is 6.41. The highest BCUT2D eigenvalue weighted by molar-refractivity contribution is 9.10. The summed E-state index contributed by atoms with van der Waals surface area (Å²) >= 11 is 4.91. The molecule has 0 saturated carbocycles. The van der Waals surface area contributed by atoms with E-state index in [4.69, 9.17) is 11.0 Å². The first-order chi connectivity index (χ1) is 9.19. The maximum atomic E-state index is 9.12. The van der Waals surface area contributed by atoms with Gasteiger partial charge in [0.25, 0.3) is 0 Å². The van der Waals surface area contributed by atoms with Crippen LogP contribution in [0.1, 0.15) is 16.0 Å². The number of nitrogens with zero attached hydrogens (tertiary/aromatic N) is 3. The van der Waals surface area contributed by atoms with Gasteiger partial charge in [-0.1, -0.05) is 0 Å². The molecule has 1 aliphatic rings. The number of hydrogen-bond donors (Lipinski definition) is 1. The maximum absolute atomic E-state index is 9.12. The molecule has 0 atom stereocenters. The summed E-state index contributed by atoms with van der Waals surface area (Å²) in [5, 5.41) is 9.76. The quantitative estimate of drug-likeness (QED) is 0.870. The highest BCUT2D eigenvalue weighted by atomic mass is 79.9. The number of pyridine rings is 1. The SMILES string of the molecule is N#Cc1c(N)sc2c1CCN(c1ccc(Br)cn1)C2. The summed E-state index contributed by atoms with van der Waals surface area (Å²) in [6.45, 7) is 1.65. The van der Waals surface area contributed by atoms with E-state index in [2.05, 4.69) is 31.9 Å². The van der Waals surface area contributed by atoms with E-state index in [9.17, 15) is 0 Å². The number of halogens is 1. The van der Waals surface area contributed by atoms with Crippen LogP contribution in [-0.2, 0) is 13.0 Å². The Hall–Kier alpha value is -1.58. The van der Waals surface area contributed by atoms with Gasteiger partial charge in [-0.05, 0) is 40.0 Å². The van der Waals surface area contributed by atoms with Crippen molar-refractivity contribution < 1.29 is 0 Å². The van der Waals surface area contributed by atoms with Gasteiger partial charge in [0, 0.05) is 22.1 Å². The summed E-state index contributed by atoms with van der Waals surface area (Å²) in [5.41, 5.74) is 7.68. The summed E-state index contributed by atoms with van der Waals surface area (Å²) < 4.78 is 0.973. The molecule has 0 bridgehead atoms. The molecular weight excluding hydrogens is 324 g/mol. The van der Waals surface area contributed by atoms with E-state index in [-0.39, 0.29) is 0 Å². The minimum Gasteiger partial charge on any atom is -0.389 e. The third-order valence-corrected chi connectivity index (χ3v) is 4.75. The van der Waals surface area contributed by atoms with Crippen LogP contribution in [0.2, 0.25) is 0 Å². The molecule has 0 unspecified atom stereocenters. The summed E-state index contributed by atoms with van der Waals surface area (Å²) in [7, 11) is 0. The van der Waals surface area contributed by atoms with Gasteiger partial charge in [0.05, 0.1) is 12.1 Å². The fraction of sp³-hybridized carbons (Fsp3) is 0.231. The lowest BCUT2D eigenvalue weighted by molar-refractivity contribution is 0.732. The highest BCUT2D eigenvalue weighted by Gasteiger charge is 2.24. The molecule has 19 heavy (non-hydrogen) atoms. The summed E-state index contributed by atoms with van der Waals surface area (Å²) in [4.78, 5) is 7.81. The summed E-state index contributed by atoms with van der Waals surface area (Å²) in [5.74, 6) is 0.958. The molecule has 0 aliphatic carbocycles. The van der Waals surface area contributed by atoms with Gasteiger partial charge in [-0.15, -0.1) is 11.3 Å². The molecule has 0 spiro atoms. The number of nitrogens with two attached hydrogens (primary N) is 1. The first-order valence-electron chi connectivity index (χ1n) is 5.85. The summed E-state index contributed by atoms with van der Waals surface area (Å²) in [6, 6.07) is 6.20. The van der Waals surface area contributed by atoms with Crippen LogP contribution in [0.25, 0.3) is 0 Å². The molecule has 3 rings (SSSR count). The molecule has 6 heteroatoms. The number of fused-ring (bicyclic) bond motifs is 1. The number of nitriles is 1. The standard InChI is InChI=1S/C13H11BrN4S/c14-8-1-2-12(17-6-8)18-4-3-9-10(5-15)13(16)19-11(9)7-18/h1-2,6H,3-4,7,16H2. The van der Waals surface area contributed by atoms with Gasteiger partial charge in [0.2, 0.25) is 0 Å². The van der Waals surface area contributed by atoms with Crippen molar-refractivity contribution in [2.24, 2.45) is 0 Å². The molecule has 2 aromatic heterocycles. The van der Waals surface area contributed by atoms with E-state index in [0.29, 0.717) is 10.6 Å². The Morgan fingerprint density at radius 2 is 2.32 bits per heavy atom. The smallest absolute Gasteiger partial charge is 0.128 e. The zero-order chi connectivity index (χ0) is 13.4. The molecular formula is C13H11BrN4S. The zero-order valence-electron chi connectivity index (χ0n) is 10.1. The van der Waals surface area contributed by atoms with E-state index in [0.717, 1.165) is 35.4 Å². The monoisotopic (exact) mass is 334 g/mol. The molecule has 2 N–H and O–H groups in total. The molecule has 3 heterocycles. The lowest BCUT2D eigenvalue weighted by atomic mass is 10.0. The van der Waals surface area contributed by atoms with Crippen molar-refractivity contribution in [3.63, 3.8) is 0 Å². The molecule has 4 nitrogen and oxygen atoms in total. The van der Waals surface area contributed by atoms with Crippen LogP contribution < -0.4 is 10.6 Å². The Labute approximate surface area is 123 Å². The molecule has 0 radical (unpaired) electrons. The van der Waals surface area contributed by atoms with Crippen LogP contribution >= 0.6 is 27.3 Å². The number of anilines is 2. The Morgan fingerprint density at radius 3 is 3.00 bits per heavy atom. The Balaban J connectivity index is 1.91. The minimum atomic E-state index is 0.637. The van der Waals surface area contributed by atoms with Gasteiger partial charge in [0.1, 0.15) is 16.9 Å². The molecule has 0 aromatic carbocycles. The average Bonchev–Trinajstić information content (AvgIpc) is 2.73. The number of nitrogen functional groups attached to an aromatic ring is 1. The number of thiophene rings is 1. The topological polar surface area (TPSA) is 65.9 Å². The Kier molecular flexibility index (Phi) is 3.17. The average molecular weight is 335 g/mol. The van der Waals surface area contributed by atoms with E-state index in [1.54, 1.807) is 6.20 Å². The van der Waals surface area contributed by atoms with E-state index in [1.807, 2.05) is 12.1 Å². The van der Waals surface area contributed by atoms with Crippen molar-refractivity contribution in [2.45, 2.75) is 13.0 Å². The van der Waals surface area contributed by atoms with Crippen LogP contribution in [0, 0.1) is 11.3 Å². The normalized spacial score (nSPS) is 14.0. The van der Waals surface area contributed by atoms with Crippen LogP contribution in [0.4, 0.5) is 10.8 Å². The fourth-order valence-corrected chi connectivity index (χ4v) is 3.62. The maximum Gasteiger partial charge on any atom is 0.128 e. The van der Waals surface area contributed by atoms with Gasteiger partial charge in [0.15, 0.2) is 0 Å². The molecule has 0 saturated heterocycles. The van der Waals surface area contributed by atoms with Crippen molar-refractivity contribution in [1.29, 1.82) is 5.26 Å². The van der Waals surface area contributed by atoms with Gasteiger partial charge in [-0.3, -0.25) is 0 Å². The first-order valence-corrected chi connectivity index (χ1v) is 7.46. The number of aromatic nitrogens is 1. The molecule has 2 aromatic rings. The fourth-order valence-electron chi connectivity index (χ4n) is 2.30. The minimum absolute atomic E-state index is 0.637. The predicted molar refractivity (Wildman–Crippen MR) is 80.1 cm³/mol. The molecule has 96 valence electrons. The lowest BCUT2D eigenvalue weighted by Crippen LogP contribution is -2.30. The second-order valence-electron chi connectivity index (χ2n) is 4.36. The zero-order valence-corrected chi connectivity index (χ0v) is 12.5. The van der Waals surface area contributed by atoms with Gasteiger partial charge in [-0.25, -0.2) is 4.98 Å². The molecule has 0 fully saturated rings.